The molecule has 0 spiro atoms. The van der Waals surface area contributed by atoms with Crippen LogP contribution in [-0.4, -0.2) is 20.9 Å². The van der Waals surface area contributed by atoms with E-state index in [1.165, 1.54) is 4.31 Å². The van der Waals surface area contributed by atoms with E-state index in [4.69, 9.17) is 0 Å². The molecule has 3 aromatic rings. The van der Waals surface area contributed by atoms with Crippen LogP contribution in [0, 0.1) is 5.92 Å². The number of hydrogen-bond acceptors (Lipinski definition) is 3. The number of nitrogens with zero attached hydrogens (tertiary/aromatic N) is 1. The lowest BCUT2D eigenvalue weighted by atomic mass is 10.1. The molecular weight excluding hydrogens is 396 g/mol. The van der Waals surface area contributed by atoms with Gasteiger partial charge in [-0.2, -0.15) is 0 Å². The zero-order chi connectivity index (χ0) is 21.6. The van der Waals surface area contributed by atoms with Crippen LogP contribution in [-0.2, 0) is 16.6 Å². The Balaban J connectivity index is 2.08. The molecule has 1 N–H and O–H groups in total. The van der Waals surface area contributed by atoms with Gasteiger partial charge in [-0.1, -0.05) is 74.5 Å². The van der Waals surface area contributed by atoms with Crippen molar-refractivity contribution in [2.45, 2.75) is 25.3 Å². The van der Waals surface area contributed by atoms with E-state index in [1.807, 2.05) is 44.2 Å². The molecule has 3 aromatic carbocycles. The molecule has 0 aromatic heterocycles. The highest BCUT2D eigenvalue weighted by atomic mass is 32.2. The minimum Gasteiger partial charge on any atom is -0.352 e. The van der Waals surface area contributed by atoms with Gasteiger partial charge in [-0.25, -0.2) is 8.42 Å². The maximum atomic E-state index is 13.6. The molecule has 0 radical (unpaired) electrons. The van der Waals surface area contributed by atoms with E-state index < -0.39 is 10.0 Å². The van der Waals surface area contributed by atoms with Gasteiger partial charge in [0.15, 0.2) is 0 Å². The van der Waals surface area contributed by atoms with E-state index >= 15 is 0 Å². The Morgan fingerprint density at radius 3 is 2.07 bits per heavy atom. The van der Waals surface area contributed by atoms with Crippen LogP contribution in [0.1, 0.15) is 29.8 Å². The predicted octanol–water partition coefficient (Wildman–Crippen LogP) is 4.47. The molecule has 0 unspecified atom stereocenters. The third kappa shape index (κ3) is 5.07. The van der Waals surface area contributed by atoms with Crippen molar-refractivity contribution >= 4 is 21.6 Å². The van der Waals surface area contributed by atoms with Gasteiger partial charge in [-0.05, 0) is 35.7 Å². The molecule has 6 heteroatoms. The molecule has 30 heavy (non-hydrogen) atoms. The van der Waals surface area contributed by atoms with E-state index in [0.29, 0.717) is 17.8 Å². The zero-order valence-electron chi connectivity index (χ0n) is 17.2. The number of rotatable bonds is 8. The van der Waals surface area contributed by atoms with Gasteiger partial charge in [-0.3, -0.25) is 9.10 Å². The summed E-state index contributed by atoms with van der Waals surface area (Å²) in [6, 6.07) is 24.4. The molecule has 0 aliphatic carbocycles. The summed E-state index contributed by atoms with van der Waals surface area (Å²) in [4.78, 5) is 13.0. The SMILES string of the molecule is CC(C)CNC(=O)c1ccccc1N(Cc1ccccc1)S(=O)(=O)c1ccccc1. The first-order valence-corrected chi connectivity index (χ1v) is 11.3. The summed E-state index contributed by atoms with van der Waals surface area (Å²) < 4.78 is 28.5. The number of sulfonamides is 1. The number of para-hydroxylation sites is 1. The third-order valence-electron chi connectivity index (χ3n) is 4.59. The maximum absolute atomic E-state index is 13.6. The average molecular weight is 423 g/mol. The maximum Gasteiger partial charge on any atom is 0.264 e. The van der Waals surface area contributed by atoms with Gasteiger partial charge in [0.25, 0.3) is 15.9 Å². The van der Waals surface area contributed by atoms with E-state index in [9.17, 15) is 13.2 Å². The minimum absolute atomic E-state index is 0.118. The molecule has 0 saturated carbocycles. The Kier molecular flexibility index (Phi) is 6.90. The van der Waals surface area contributed by atoms with Crippen LogP contribution in [0.4, 0.5) is 5.69 Å². The number of carbonyl (C=O) groups is 1. The number of hydrogen-bond donors (Lipinski definition) is 1. The first kappa shape index (κ1) is 21.6. The highest BCUT2D eigenvalue weighted by molar-refractivity contribution is 7.92. The fourth-order valence-electron chi connectivity index (χ4n) is 3.04. The van der Waals surface area contributed by atoms with Crippen molar-refractivity contribution in [2.24, 2.45) is 5.92 Å². The average Bonchev–Trinajstić information content (AvgIpc) is 2.77. The lowest BCUT2D eigenvalue weighted by Crippen LogP contribution is -2.34. The monoisotopic (exact) mass is 422 g/mol. The van der Waals surface area contributed by atoms with Crippen molar-refractivity contribution in [3.63, 3.8) is 0 Å². The van der Waals surface area contributed by atoms with Gasteiger partial charge in [0.1, 0.15) is 0 Å². The highest BCUT2D eigenvalue weighted by Crippen LogP contribution is 2.29. The molecule has 0 aliphatic heterocycles. The van der Waals surface area contributed by atoms with E-state index in [0.717, 1.165) is 5.56 Å². The molecule has 0 atom stereocenters. The van der Waals surface area contributed by atoms with Crippen LogP contribution < -0.4 is 9.62 Å². The topological polar surface area (TPSA) is 66.5 Å². The van der Waals surface area contributed by atoms with E-state index in [-0.39, 0.29) is 23.3 Å². The second-order valence-electron chi connectivity index (χ2n) is 7.43. The quantitative estimate of drug-likeness (QED) is 0.582. The molecule has 0 aliphatic rings. The van der Waals surface area contributed by atoms with Gasteiger partial charge in [-0.15, -0.1) is 0 Å². The third-order valence-corrected chi connectivity index (χ3v) is 6.36. The van der Waals surface area contributed by atoms with E-state index in [1.54, 1.807) is 54.6 Å². The first-order chi connectivity index (χ1) is 14.4. The summed E-state index contributed by atoms with van der Waals surface area (Å²) in [5.74, 6) is -0.00444. The Bertz CT molecular complexity index is 1080. The lowest BCUT2D eigenvalue weighted by Gasteiger charge is -2.26. The lowest BCUT2D eigenvalue weighted by molar-refractivity contribution is 0.0949. The van der Waals surface area contributed by atoms with Crippen molar-refractivity contribution < 1.29 is 13.2 Å². The molecule has 156 valence electrons. The standard InChI is InChI=1S/C24H26N2O3S/c1-19(2)17-25-24(27)22-15-9-10-16-23(22)26(18-20-11-5-3-6-12-20)30(28,29)21-13-7-4-8-14-21/h3-16,19H,17-18H2,1-2H3,(H,25,27). The van der Waals surface area contributed by atoms with E-state index in [2.05, 4.69) is 5.32 Å². The number of benzene rings is 3. The summed E-state index contributed by atoms with van der Waals surface area (Å²) in [7, 11) is -3.89. The van der Waals surface area contributed by atoms with Crippen LogP contribution in [0.2, 0.25) is 0 Å². The normalized spacial score (nSPS) is 11.3. The molecule has 1 amide bonds. The van der Waals surface area contributed by atoms with Gasteiger partial charge < -0.3 is 5.32 Å². The largest absolute Gasteiger partial charge is 0.352 e. The minimum atomic E-state index is -3.89. The number of nitrogens with one attached hydrogen (secondary N) is 1. The van der Waals surface area contributed by atoms with Gasteiger partial charge in [0, 0.05) is 6.54 Å². The van der Waals surface area contributed by atoms with Crippen LogP contribution in [0.5, 0.6) is 0 Å². The van der Waals surface area contributed by atoms with Crippen LogP contribution in [0.3, 0.4) is 0 Å². The van der Waals surface area contributed by atoms with Gasteiger partial charge in [0.2, 0.25) is 0 Å². The fraction of sp³-hybridized carbons (Fsp3) is 0.208. The molecular formula is C24H26N2O3S. The summed E-state index contributed by atoms with van der Waals surface area (Å²) in [5, 5.41) is 2.89. The van der Waals surface area contributed by atoms with Crippen LogP contribution in [0.25, 0.3) is 0 Å². The van der Waals surface area contributed by atoms with Gasteiger partial charge >= 0.3 is 0 Å². The van der Waals surface area contributed by atoms with Crippen molar-refractivity contribution in [1.82, 2.24) is 5.32 Å². The number of amides is 1. The van der Waals surface area contributed by atoms with Crippen LogP contribution in [0.15, 0.2) is 89.8 Å². The predicted molar refractivity (Wildman–Crippen MR) is 120 cm³/mol. The molecule has 3 rings (SSSR count). The summed E-state index contributed by atoms with van der Waals surface area (Å²) in [6.45, 7) is 4.64. The Labute approximate surface area is 178 Å². The molecule has 0 bridgehead atoms. The molecule has 0 fully saturated rings. The molecule has 5 nitrogen and oxygen atoms in total. The zero-order valence-corrected chi connectivity index (χ0v) is 18.0. The van der Waals surface area contributed by atoms with Crippen molar-refractivity contribution in [3.8, 4) is 0 Å². The first-order valence-electron chi connectivity index (χ1n) is 9.88. The summed E-state index contributed by atoms with van der Waals surface area (Å²) >= 11 is 0. The Morgan fingerprint density at radius 1 is 0.867 bits per heavy atom. The summed E-state index contributed by atoms with van der Waals surface area (Å²) in [5.41, 5.74) is 1.51. The highest BCUT2D eigenvalue weighted by Gasteiger charge is 2.28. The smallest absolute Gasteiger partial charge is 0.264 e. The number of carbonyl (C=O) groups excluding carboxylic acids is 1. The van der Waals surface area contributed by atoms with Crippen molar-refractivity contribution in [3.05, 3.63) is 96.1 Å². The second-order valence-corrected chi connectivity index (χ2v) is 9.29. The van der Waals surface area contributed by atoms with Crippen LogP contribution >= 0.6 is 0 Å². The Hall–Kier alpha value is -3.12. The fourth-order valence-corrected chi connectivity index (χ4v) is 4.54. The van der Waals surface area contributed by atoms with Crippen molar-refractivity contribution in [1.29, 1.82) is 0 Å². The Morgan fingerprint density at radius 2 is 1.43 bits per heavy atom. The summed E-state index contributed by atoms with van der Waals surface area (Å²) in [6.07, 6.45) is 0. The number of anilines is 1. The van der Waals surface area contributed by atoms with Gasteiger partial charge in [0.05, 0.1) is 22.7 Å². The van der Waals surface area contributed by atoms with Crippen molar-refractivity contribution in [2.75, 3.05) is 10.8 Å². The molecule has 0 heterocycles. The molecule has 0 saturated heterocycles. The second kappa shape index (κ2) is 9.59.